The summed E-state index contributed by atoms with van der Waals surface area (Å²) in [7, 11) is 1.87. The van der Waals surface area contributed by atoms with Gasteiger partial charge in [-0.25, -0.2) is 0 Å². The van der Waals surface area contributed by atoms with Crippen molar-refractivity contribution in [2.45, 2.75) is 52.1 Å². The number of nitrogens with one attached hydrogen (secondary N) is 1. The van der Waals surface area contributed by atoms with Gasteiger partial charge in [0.25, 0.3) is 5.91 Å². The summed E-state index contributed by atoms with van der Waals surface area (Å²) in [6.45, 7) is 6.36. The summed E-state index contributed by atoms with van der Waals surface area (Å²) in [5.74, 6) is 0.168. The number of carbonyl (C=O) groups excluding carboxylic acids is 1. The second-order valence-corrected chi connectivity index (χ2v) is 5.50. The number of benzene rings is 1. The topological polar surface area (TPSA) is 32.3 Å². The molecule has 0 saturated carbocycles. The number of carbonyl (C=O) groups is 1. The van der Waals surface area contributed by atoms with Crippen molar-refractivity contribution in [3.05, 3.63) is 29.3 Å². The fourth-order valence-corrected chi connectivity index (χ4v) is 3.03. The molecule has 0 aromatic heterocycles. The molecule has 19 heavy (non-hydrogen) atoms. The van der Waals surface area contributed by atoms with Crippen LogP contribution in [-0.4, -0.2) is 29.9 Å². The lowest BCUT2D eigenvalue weighted by Gasteiger charge is -2.29. The van der Waals surface area contributed by atoms with E-state index in [-0.39, 0.29) is 5.91 Å². The van der Waals surface area contributed by atoms with Gasteiger partial charge < -0.3 is 10.2 Å². The van der Waals surface area contributed by atoms with Crippen molar-refractivity contribution in [2.75, 3.05) is 12.4 Å². The van der Waals surface area contributed by atoms with Gasteiger partial charge in [-0.05, 0) is 50.8 Å². The minimum Gasteiger partial charge on any atom is -0.387 e. The summed E-state index contributed by atoms with van der Waals surface area (Å²) in [6, 6.07) is 6.74. The van der Waals surface area contributed by atoms with Crippen molar-refractivity contribution in [3.8, 4) is 0 Å². The number of amides is 1. The Balaban J connectivity index is 2.33. The van der Waals surface area contributed by atoms with Crippen molar-refractivity contribution < 1.29 is 4.79 Å². The molecule has 0 bridgehead atoms. The molecule has 3 nitrogen and oxygen atoms in total. The van der Waals surface area contributed by atoms with E-state index in [0.29, 0.717) is 12.1 Å². The first-order valence-corrected chi connectivity index (χ1v) is 7.19. The number of hydrogen-bond donors (Lipinski definition) is 1. The average molecular weight is 260 g/mol. The van der Waals surface area contributed by atoms with E-state index in [4.69, 9.17) is 0 Å². The van der Waals surface area contributed by atoms with Crippen LogP contribution in [0, 0.1) is 6.92 Å². The van der Waals surface area contributed by atoms with Crippen LogP contribution in [0.2, 0.25) is 0 Å². The van der Waals surface area contributed by atoms with E-state index in [1.54, 1.807) is 0 Å². The third-order valence-corrected chi connectivity index (χ3v) is 4.17. The Hall–Kier alpha value is -1.51. The van der Waals surface area contributed by atoms with Gasteiger partial charge in [-0.1, -0.05) is 13.0 Å². The van der Waals surface area contributed by atoms with Crippen LogP contribution >= 0.6 is 0 Å². The molecule has 2 rings (SSSR count). The zero-order valence-electron chi connectivity index (χ0n) is 12.4. The maximum Gasteiger partial charge on any atom is 0.256 e. The van der Waals surface area contributed by atoms with Gasteiger partial charge in [0.2, 0.25) is 0 Å². The van der Waals surface area contributed by atoms with E-state index in [9.17, 15) is 4.79 Å². The lowest BCUT2D eigenvalue weighted by Crippen LogP contribution is -2.39. The zero-order valence-corrected chi connectivity index (χ0v) is 12.4. The first kappa shape index (κ1) is 13.9. The maximum atomic E-state index is 12.8. The number of nitrogens with zero attached hydrogens (tertiary/aromatic N) is 1. The van der Waals surface area contributed by atoms with Crippen LogP contribution in [0.25, 0.3) is 0 Å². The van der Waals surface area contributed by atoms with E-state index in [0.717, 1.165) is 30.5 Å². The fraction of sp³-hybridized carbons (Fsp3) is 0.562. The van der Waals surface area contributed by atoms with Crippen LogP contribution < -0.4 is 5.32 Å². The van der Waals surface area contributed by atoms with Crippen LogP contribution in [0.15, 0.2) is 18.2 Å². The number of anilines is 1. The van der Waals surface area contributed by atoms with E-state index in [1.165, 1.54) is 5.56 Å². The Bertz CT molecular complexity index is 470. The van der Waals surface area contributed by atoms with Crippen LogP contribution in [0.5, 0.6) is 0 Å². The van der Waals surface area contributed by atoms with Crippen LogP contribution in [0.4, 0.5) is 5.69 Å². The Morgan fingerprint density at radius 3 is 2.79 bits per heavy atom. The van der Waals surface area contributed by atoms with Gasteiger partial charge in [0, 0.05) is 24.8 Å². The Kier molecular flexibility index (Phi) is 4.13. The molecule has 1 amide bonds. The molecule has 0 radical (unpaired) electrons. The quantitative estimate of drug-likeness (QED) is 0.903. The standard InChI is InChI=1S/C16H24N2O/c1-5-13-8-7-12(3)18(13)16(19)14-9-6-11(2)10-15(14)17-4/h6,9-10,12-13,17H,5,7-8H2,1-4H3. The molecule has 0 spiro atoms. The van der Waals surface area contributed by atoms with Gasteiger partial charge in [0.15, 0.2) is 0 Å². The molecular weight excluding hydrogens is 236 g/mol. The van der Waals surface area contributed by atoms with Crippen molar-refractivity contribution in [1.82, 2.24) is 4.90 Å². The molecule has 2 atom stereocenters. The third-order valence-electron chi connectivity index (χ3n) is 4.17. The smallest absolute Gasteiger partial charge is 0.256 e. The molecular formula is C16H24N2O. The van der Waals surface area contributed by atoms with Gasteiger partial charge in [0.05, 0.1) is 5.56 Å². The van der Waals surface area contributed by atoms with E-state index >= 15 is 0 Å². The highest BCUT2D eigenvalue weighted by molar-refractivity contribution is 6.00. The minimum atomic E-state index is 0.168. The number of aryl methyl sites for hydroxylation is 1. The van der Waals surface area contributed by atoms with Crippen LogP contribution in [-0.2, 0) is 0 Å². The number of likely N-dealkylation sites (tertiary alicyclic amines) is 1. The Morgan fingerprint density at radius 2 is 2.16 bits per heavy atom. The largest absolute Gasteiger partial charge is 0.387 e. The molecule has 1 N–H and O–H groups in total. The highest BCUT2D eigenvalue weighted by atomic mass is 16.2. The molecule has 1 aromatic carbocycles. The van der Waals surface area contributed by atoms with Gasteiger partial charge in [-0.15, -0.1) is 0 Å². The second kappa shape index (κ2) is 5.64. The molecule has 104 valence electrons. The van der Waals surface area contributed by atoms with Gasteiger partial charge in [-0.2, -0.15) is 0 Å². The van der Waals surface area contributed by atoms with Gasteiger partial charge >= 0.3 is 0 Å². The highest BCUT2D eigenvalue weighted by Crippen LogP contribution is 2.29. The van der Waals surface area contributed by atoms with Crippen molar-refractivity contribution >= 4 is 11.6 Å². The number of rotatable bonds is 3. The normalized spacial score (nSPS) is 22.6. The first-order valence-electron chi connectivity index (χ1n) is 7.19. The summed E-state index contributed by atoms with van der Waals surface area (Å²) in [5, 5.41) is 3.14. The molecule has 1 aromatic rings. The molecule has 0 aliphatic carbocycles. The lowest BCUT2D eigenvalue weighted by atomic mass is 10.1. The second-order valence-electron chi connectivity index (χ2n) is 5.50. The van der Waals surface area contributed by atoms with E-state index < -0.39 is 0 Å². The molecule has 1 aliphatic rings. The monoisotopic (exact) mass is 260 g/mol. The summed E-state index contributed by atoms with van der Waals surface area (Å²) >= 11 is 0. The van der Waals surface area contributed by atoms with Crippen LogP contribution in [0.1, 0.15) is 49.0 Å². The minimum absolute atomic E-state index is 0.168. The number of hydrogen-bond acceptors (Lipinski definition) is 2. The van der Waals surface area contributed by atoms with Crippen molar-refractivity contribution in [2.24, 2.45) is 0 Å². The summed E-state index contributed by atoms with van der Waals surface area (Å²) in [4.78, 5) is 14.9. The molecule has 2 unspecified atom stereocenters. The summed E-state index contributed by atoms with van der Waals surface area (Å²) < 4.78 is 0. The summed E-state index contributed by atoms with van der Waals surface area (Å²) in [6.07, 6.45) is 3.28. The summed E-state index contributed by atoms with van der Waals surface area (Å²) in [5.41, 5.74) is 2.89. The van der Waals surface area contributed by atoms with E-state index in [1.807, 2.05) is 32.2 Å². The molecule has 1 fully saturated rings. The fourth-order valence-electron chi connectivity index (χ4n) is 3.03. The van der Waals surface area contributed by atoms with Crippen molar-refractivity contribution in [3.63, 3.8) is 0 Å². The zero-order chi connectivity index (χ0) is 14.0. The van der Waals surface area contributed by atoms with Crippen molar-refractivity contribution in [1.29, 1.82) is 0 Å². The SMILES string of the molecule is CCC1CCC(C)N1C(=O)c1ccc(C)cc1NC. The Morgan fingerprint density at radius 1 is 1.42 bits per heavy atom. The van der Waals surface area contributed by atoms with E-state index in [2.05, 4.69) is 24.1 Å². The highest BCUT2D eigenvalue weighted by Gasteiger charge is 2.34. The third kappa shape index (κ3) is 2.60. The average Bonchev–Trinajstić information content (AvgIpc) is 2.78. The Labute approximate surface area is 116 Å². The maximum absolute atomic E-state index is 12.8. The molecule has 1 saturated heterocycles. The van der Waals surface area contributed by atoms with Gasteiger partial charge in [-0.3, -0.25) is 4.79 Å². The van der Waals surface area contributed by atoms with Crippen LogP contribution in [0.3, 0.4) is 0 Å². The predicted octanol–water partition coefficient (Wildman–Crippen LogP) is 3.44. The molecule has 1 heterocycles. The lowest BCUT2D eigenvalue weighted by molar-refractivity contribution is 0.0677. The predicted molar refractivity (Wildman–Crippen MR) is 79.7 cm³/mol. The molecule has 3 heteroatoms. The van der Waals surface area contributed by atoms with Gasteiger partial charge in [0.1, 0.15) is 0 Å². The first-order chi connectivity index (χ1) is 9.08. The molecule has 1 aliphatic heterocycles.